The summed E-state index contributed by atoms with van der Waals surface area (Å²) in [5.74, 6) is 0.687. The van der Waals surface area contributed by atoms with Gasteiger partial charge in [0.15, 0.2) is 0 Å². The molecule has 2 unspecified atom stereocenters. The largest absolute Gasteiger partial charge is 0.472 e. The molecule has 3 heteroatoms. The summed E-state index contributed by atoms with van der Waals surface area (Å²) in [5, 5.41) is 3.70. The maximum absolute atomic E-state index is 5.18. The fourth-order valence-electron chi connectivity index (χ4n) is 2.90. The highest BCUT2D eigenvalue weighted by Crippen LogP contribution is 2.19. The summed E-state index contributed by atoms with van der Waals surface area (Å²) in [6.45, 7) is 10.2. The Morgan fingerprint density at radius 3 is 2.94 bits per heavy atom. The number of nitrogens with zero attached hydrogens (tertiary/aromatic N) is 1. The predicted molar refractivity (Wildman–Crippen MR) is 74.4 cm³/mol. The highest BCUT2D eigenvalue weighted by Gasteiger charge is 2.29. The lowest BCUT2D eigenvalue weighted by Crippen LogP contribution is -2.57. The van der Waals surface area contributed by atoms with Crippen LogP contribution < -0.4 is 5.32 Å². The van der Waals surface area contributed by atoms with E-state index < -0.39 is 0 Å². The molecule has 1 aromatic heterocycles. The molecule has 0 aliphatic carbocycles. The van der Waals surface area contributed by atoms with E-state index in [0.29, 0.717) is 18.0 Å². The Morgan fingerprint density at radius 2 is 2.33 bits per heavy atom. The number of furan rings is 1. The molecule has 2 heterocycles. The van der Waals surface area contributed by atoms with Crippen LogP contribution in [0, 0.1) is 5.92 Å². The van der Waals surface area contributed by atoms with E-state index in [4.69, 9.17) is 4.42 Å². The van der Waals surface area contributed by atoms with Crippen molar-refractivity contribution in [2.75, 3.05) is 13.1 Å². The lowest BCUT2D eigenvalue weighted by atomic mass is 9.96. The van der Waals surface area contributed by atoms with Gasteiger partial charge < -0.3 is 9.73 Å². The van der Waals surface area contributed by atoms with E-state index in [0.717, 1.165) is 19.6 Å². The highest BCUT2D eigenvalue weighted by molar-refractivity contribution is 5.06. The van der Waals surface area contributed by atoms with Gasteiger partial charge in [0, 0.05) is 37.3 Å². The van der Waals surface area contributed by atoms with Crippen LogP contribution in [0.15, 0.2) is 23.0 Å². The topological polar surface area (TPSA) is 28.4 Å². The standard InChI is InChI=1S/C15H26N2O/c1-4-5-14-10-17(9-13-6-7-18-11-13)15(8-16-14)12(2)3/h6-7,11-12,14-16H,4-5,8-10H2,1-3H3. The van der Waals surface area contributed by atoms with Gasteiger partial charge in [0.2, 0.25) is 0 Å². The Bertz CT molecular complexity index is 334. The zero-order chi connectivity index (χ0) is 13.0. The van der Waals surface area contributed by atoms with Crippen molar-refractivity contribution in [1.82, 2.24) is 10.2 Å². The summed E-state index contributed by atoms with van der Waals surface area (Å²) >= 11 is 0. The van der Waals surface area contributed by atoms with Gasteiger partial charge >= 0.3 is 0 Å². The van der Waals surface area contributed by atoms with Gasteiger partial charge in [-0.15, -0.1) is 0 Å². The molecule has 2 atom stereocenters. The van der Waals surface area contributed by atoms with Crippen LogP contribution in [0.5, 0.6) is 0 Å². The zero-order valence-corrected chi connectivity index (χ0v) is 11.9. The van der Waals surface area contributed by atoms with E-state index in [2.05, 4.69) is 37.1 Å². The van der Waals surface area contributed by atoms with Gasteiger partial charge in [-0.1, -0.05) is 27.2 Å². The van der Waals surface area contributed by atoms with E-state index in [-0.39, 0.29) is 0 Å². The summed E-state index contributed by atoms with van der Waals surface area (Å²) in [6.07, 6.45) is 6.16. The van der Waals surface area contributed by atoms with Gasteiger partial charge in [-0.05, 0) is 18.4 Å². The SMILES string of the molecule is CCCC1CN(Cc2ccoc2)C(C(C)C)CN1. The first-order valence-corrected chi connectivity index (χ1v) is 7.19. The minimum absolute atomic E-state index is 0.632. The van der Waals surface area contributed by atoms with E-state index in [1.54, 1.807) is 6.26 Å². The third kappa shape index (κ3) is 3.36. The van der Waals surface area contributed by atoms with E-state index in [1.807, 2.05) is 6.26 Å². The molecule has 102 valence electrons. The monoisotopic (exact) mass is 250 g/mol. The lowest BCUT2D eigenvalue weighted by Gasteiger charge is -2.42. The van der Waals surface area contributed by atoms with Crippen LogP contribution >= 0.6 is 0 Å². The van der Waals surface area contributed by atoms with Crippen molar-refractivity contribution < 1.29 is 4.42 Å². The van der Waals surface area contributed by atoms with Gasteiger partial charge in [0.05, 0.1) is 12.5 Å². The number of rotatable bonds is 5. The maximum Gasteiger partial charge on any atom is 0.0947 e. The zero-order valence-electron chi connectivity index (χ0n) is 11.9. The van der Waals surface area contributed by atoms with Gasteiger partial charge in [0.25, 0.3) is 0 Å². The maximum atomic E-state index is 5.18. The minimum Gasteiger partial charge on any atom is -0.472 e. The highest BCUT2D eigenvalue weighted by atomic mass is 16.3. The molecule has 0 spiro atoms. The van der Waals surface area contributed by atoms with Gasteiger partial charge in [-0.3, -0.25) is 4.90 Å². The van der Waals surface area contributed by atoms with Crippen LogP contribution in [0.1, 0.15) is 39.2 Å². The number of piperazine rings is 1. The molecule has 18 heavy (non-hydrogen) atoms. The van der Waals surface area contributed by atoms with Gasteiger partial charge in [-0.2, -0.15) is 0 Å². The third-order valence-electron chi connectivity index (χ3n) is 3.91. The summed E-state index contributed by atoms with van der Waals surface area (Å²) in [4.78, 5) is 2.62. The third-order valence-corrected chi connectivity index (χ3v) is 3.91. The van der Waals surface area contributed by atoms with Crippen molar-refractivity contribution in [1.29, 1.82) is 0 Å². The molecule has 2 rings (SSSR count). The fraction of sp³-hybridized carbons (Fsp3) is 0.733. The molecule has 3 nitrogen and oxygen atoms in total. The van der Waals surface area contributed by atoms with E-state index >= 15 is 0 Å². The second-order valence-corrected chi connectivity index (χ2v) is 5.77. The van der Waals surface area contributed by atoms with Crippen molar-refractivity contribution in [3.63, 3.8) is 0 Å². The number of hydrogen-bond donors (Lipinski definition) is 1. The average molecular weight is 250 g/mol. The Labute approximate surface area is 111 Å². The molecular weight excluding hydrogens is 224 g/mol. The van der Waals surface area contributed by atoms with Crippen molar-refractivity contribution in [2.24, 2.45) is 5.92 Å². The molecule has 0 saturated carbocycles. The first-order valence-electron chi connectivity index (χ1n) is 7.19. The molecule has 0 amide bonds. The summed E-state index contributed by atoms with van der Waals surface area (Å²) in [5.41, 5.74) is 1.29. The number of hydrogen-bond acceptors (Lipinski definition) is 3. The van der Waals surface area contributed by atoms with Crippen LogP contribution in [0.2, 0.25) is 0 Å². The molecule has 0 bridgehead atoms. The van der Waals surface area contributed by atoms with Gasteiger partial charge in [0.1, 0.15) is 0 Å². The molecular formula is C15H26N2O. The molecule has 0 aromatic carbocycles. The first-order chi connectivity index (χ1) is 8.70. The molecule has 1 N–H and O–H groups in total. The molecule has 1 aromatic rings. The Kier molecular flexibility index (Phi) is 4.84. The second-order valence-electron chi connectivity index (χ2n) is 5.77. The molecule has 1 aliphatic rings. The Morgan fingerprint density at radius 1 is 1.50 bits per heavy atom. The fourth-order valence-corrected chi connectivity index (χ4v) is 2.90. The summed E-state index contributed by atoms with van der Waals surface area (Å²) < 4.78 is 5.18. The molecule has 0 radical (unpaired) electrons. The second kappa shape index (κ2) is 6.39. The van der Waals surface area contributed by atoms with Crippen molar-refractivity contribution >= 4 is 0 Å². The van der Waals surface area contributed by atoms with Crippen LogP contribution in [0.25, 0.3) is 0 Å². The van der Waals surface area contributed by atoms with Crippen LogP contribution in [0.3, 0.4) is 0 Å². The quantitative estimate of drug-likeness (QED) is 0.871. The van der Waals surface area contributed by atoms with Crippen molar-refractivity contribution in [3.8, 4) is 0 Å². The smallest absolute Gasteiger partial charge is 0.0947 e. The van der Waals surface area contributed by atoms with Crippen molar-refractivity contribution in [2.45, 2.75) is 52.2 Å². The summed E-state index contributed by atoms with van der Waals surface area (Å²) in [6, 6.07) is 3.36. The Hall–Kier alpha value is -0.800. The number of nitrogens with one attached hydrogen (secondary N) is 1. The normalized spacial score (nSPS) is 25.8. The average Bonchev–Trinajstić information content (AvgIpc) is 2.82. The van der Waals surface area contributed by atoms with Crippen LogP contribution in [-0.2, 0) is 6.54 Å². The molecule has 1 fully saturated rings. The van der Waals surface area contributed by atoms with Crippen LogP contribution in [-0.4, -0.2) is 30.1 Å². The Balaban J connectivity index is 2.00. The molecule has 1 saturated heterocycles. The first kappa shape index (κ1) is 13.6. The van der Waals surface area contributed by atoms with E-state index in [1.165, 1.54) is 18.4 Å². The minimum atomic E-state index is 0.632. The predicted octanol–water partition coefficient (Wildman–Crippen LogP) is 2.88. The lowest BCUT2D eigenvalue weighted by molar-refractivity contribution is 0.0883. The molecule has 1 aliphatic heterocycles. The van der Waals surface area contributed by atoms with E-state index in [9.17, 15) is 0 Å². The van der Waals surface area contributed by atoms with Crippen LogP contribution in [0.4, 0.5) is 0 Å². The van der Waals surface area contributed by atoms with Crippen molar-refractivity contribution in [3.05, 3.63) is 24.2 Å². The van der Waals surface area contributed by atoms with Gasteiger partial charge in [-0.25, -0.2) is 0 Å². The summed E-state index contributed by atoms with van der Waals surface area (Å²) in [7, 11) is 0.